The van der Waals surface area contributed by atoms with Gasteiger partial charge in [0.25, 0.3) is 10.1 Å². The van der Waals surface area contributed by atoms with E-state index in [0.29, 0.717) is 18.8 Å². The van der Waals surface area contributed by atoms with Crippen LogP contribution in [0.15, 0.2) is 29.2 Å². The molecule has 2 atom stereocenters. The minimum Gasteiger partial charge on any atom is -0.282 e. The summed E-state index contributed by atoms with van der Waals surface area (Å²) >= 11 is 0. The maximum absolute atomic E-state index is 13.2. The molecular weight excluding hydrogens is 255 g/mol. The molecule has 1 saturated carbocycles. The van der Waals surface area contributed by atoms with Crippen molar-refractivity contribution < 1.29 is 17.4 Å². The van der Waals surface area contributed by atoms with Crippen LogP contribution in [0.3, 0.4) is 0 Å². The van der Waals surface area contributed by atoms with Gasteiger partial charge in [0, 0.05) is 0 Å². The maximum Gasteiger partial charge on any atom is 0.294 e. The number of rotatable bonds is 3. The number of hydrogen-bond acceptors (Lipinski definition) is 2. The first-order chi connectivity index (χ1) is 8.45. The van der Waals surface area contributed by atoms with E-state index in [1.165, 1.54) is 12.1 Å². The standard InChI is InChI=1S/C13H17FO3S/c14-12-3-1-2-11(9-12)8-10-4-6-13(7-5-10)18(15,16)17/h4-7,11-12H,1-3,8-9H2,(H,15,16,17). The van der Waals surface area contributed by atoms with Gasteiger partial charge in [0.15, 0.2) is 0 Å². The van der Waals surface area contributed by atoms with Gasteiger partial charge in [0.05, 0.1) is 4.90 Å². The van der Waals surface area contributed by atoms with Gasteiger partial charge in [0.2, 0.25) is 0 Å². The van der Waals surface area contributed by atoms with Crippen LogP contribution >= 0.6 is 0 Å². The summed E-state index contributed by atoms with van der Waals surface area (Å²) in [6.07, 6.45) is 3.29. The van der Waals surface area contributed by atoms with Crippen LogP contribution in [0, 0.1) is 5.92 Å². The van der Waals surface area contributed by atoms with Crippen molar-refractivity contribution in [3.63, 3.8) is 0 Å². The molecule has 0 spiro atoms. The van der Waals surface area contributed by atoms with E-state index in [4.69, 9.17) is 4.55 Å². The number of halogens is 1. The molecule has 0 aliphatic heterocycles. The van der Waals surface area contributed by atoms with Crippen LogP contribution in [0.5, 0.6) is 0 Å². The largest absolute Gasteiger partial charge is 0.294 e. The summed E-state index contributed by atoms with van der Waals surface area (Å²) in [7, 11) is -4.12. The van der Waals surface area contributed by atoms with Gasteiger partial charge in [-0.2, -0.15) is 8.42 Å². The average Bonchev–Trinajstić information content (AvgIpc) is 2.28. The molecule has 100 valence electrons. The minimum absolute atomic E-state index is 0.0988. The number of benzene rings is 1. The molecule has 1 aliphatic rings. The lowest BCUT2D eigenvalue weighted by Crippen LogP contribution is -2.18. The van der Waals surface area contributed by atoms with Crippen molar-refractivity contribution in [2.45, 2.75) is 43.2 Å². The van der Waals surface area contributed by atoms with E-state index in [2.05, 4.69) is 0 Å². The van der Waals surface area contributed by atoms with E-state index in [-0.39, 0.29) is 4.90 Å². The van der Waals surface area contributed by atoms with Crippen molar-refractivity contribution in [2.75, 3.05) is 0 Å². The van der Waals surface area contributed by atoms with Gasteiger partial charge in [-0.05, 0) is 49.3 Å². The molecule has 0 bridgehead atoms. The quantitative estimate of drug-likeness (QED) is 0.861. The van der Waals surface area contributed by atoms with Crippen molar-refractivity contribution in [1.29, 1.82) is 0 Å². The topological polar surface area (TPSA) is 54.4 Å². The van der Waals surface area contributed by atoms with Crippen LogP contribution in [-0.4, -0.2) is 19.1 Å². The second-order valence-electron chi connectivity index (χ2n) is 4.95. The monoisotopic (exact) mass is 272 g/mol. The number of alkyl halides is 1. The van der Waals surface area contributed by atoms with E-state index in [0.717, 1.165) is 24.8 Å². The van der Waals surface area contributed by atoms with Crippen molar-refractivity contribution in [1.82, 2.24) is 0 Å². The fraction of sp³-hybridized carbons (Fsp3) is 0.538. The van der Waals surface area contributed by atoms with Crippen LogP contribution in [0.2, 0.25) is 0 Å². The SMILES string of the molecule is O=S(=O)(O)c1ccc(CC2CCCC(F)C2)cc1. The van der Waals surface area contributed by atoms with Crippen LogP contribution in [0.25, 0.3) is 0 Å². The second-order valence-corrected chi connectivity index (χ2v) is 6.37. The Kier molecular flexibility index (Phi) is 4.02. The van der Waals surface area contributed by atoms with Gasteiger partial charge in [-0.15, -0.1) is 0 Å². The molecule has 0 aromatic heterocycles. The highest BCUT2D eigenvalue weighted by atomic mass is 32.2. The van der Waals surface area contributed by atoms with Crippen LogP contribution in [0.1, 0.15) is 31.2 Å². The smallest absolute Gasteiger partial charge is 0.282 e. The lowest BCUT2D eigenvalue weighted by atomic mass is 9.84. The third kappa shape index (κ3) is 3.53. The first kappa shape index (κ1) is 13.5. The molecule has 2 unspecified atom stereocenters. The van der Waals surface area contributed by atoms with Crippen molar-refractivity contribution >= 4 is 10.1 Å². The summed E-state index contributed by atoms with van der Waals surface area (Å²) in [4.78, 5) is -0.0988. The van der Waals surface area contributed by atoms with E-state index < -0.39 is 16.3 Å². The second kappa shape index (κ2) is 5.36. The van der Waals surface area contributed by atoms with Gasteiger partial charge >= 0.3 is 0 Å². The summed E-state index contributed by atoms with van der Waals surface area (Å²) in [5.41, 5.74) is 0.988. The molecule has 0 saturated heterocycles. The average molecular weight is 272 g/mol. The Morgan fingerprint density at radius 3 is 2.44 bits per heavy atom. The predicted octanol–water partition coefficient (Wildman–Crippen LogP) is 3.00. The molecule has 1 aliphatic carbocycles. The zero-order valence-corrected chi connectivity index (χ0v) is 10.9. The first-order valence-electron chi connectivity index (χ1n) is 6.15. The molecule has 0 amide bonds. The normalized spacial score (nSPS) is 25.0. The van der Waals surface area contributed by atoms with E-state index in [1.54, 1.807) is 12.1 Å². The maximum atomic E-state index is 13.2. The molecule has 2 rings (SSSR count). The molecule has 0 heterocycles. The number of hydrogen-bond donors (Lipinski definition) is 1. The minimum atomic E-state index is -4.12. The summed E-state index contributed by atoms with van der Waals surface area (Å²) < 4.78 is 43.9. The van der Waals surface area contributed by atoms with E-state index in [9.17, 15) is 12.8 Å². The van der Waals surface area contributed by atoms with Crippen molar-refractivity contribution in [3.8, 4) is 0 Å². The summed E-state index contributed by atoms with van der Waals surface area (Å²) in [6, 6.07) is 6.15. The van der Waals surface area contributed by atoms with Gasteiger partial charge in [0.1, 0.15) is 6.17 Å². The third-order valence-corrected chi connectivity index (χ3v) is 4.33. The van der Waals surface area contributed by atoms with Gasteiger partial charge in [-0.1, -0.05) is 18.6 Å². The summed E-state index contributed by atoms with van der Waals surface area (Å²) in [5, 5.41) is 0. The predicted molar refractivity (Wildman–Crippen MR) is 66.8 cm³/mol. The Hall–Kier alpha value is -0.940. The van der Waals surface area contributed by atoms with Gasteiger partial charge in [-0.25, -0.2) is 4.39 Å². The summed E-state index contributed by atoms with van der Waals surface area (Å²) in [6.45, 7) is 0. The Balaban J connectivity index is 2.02. The fourth-order valence-corrected chi connectivity index (χ4v) is 3.02. The molecule has 3 nitrogen and oxygen atoms in total. The fourth-order valence-electron chi connectivity index (χ4n) is 2.54. The highest BCUT2D eigenvalue weighted by molar-refractivity contribution is 7.85. The van der Waals surface area contributed by atoms with Crippen LogP contribution in [0.4, 0.5) is 4.39 Å². The molecule has 1 fully saturated rings. The van der Waals surface area contributed by atoms with Crippen LogP contribution < -0.4 is 0 Å². The molecule has 1 aromatic rings. The lowest BCUT2D eigenvalue weighted by molar-refractivity contribution is 0.198. The van der Waals surface area contributed by atoms with E-state index in [1.807, 2.05) is 0 Å². The van der Waals surface area contributed by atoms with Crippen molar-refractivity contribution in [3.05, 3.63) is 29.8 Å². The lowest BCUT2D eigenvalue weighted by Gasteiger charge is -2.24. The zero-order chi connectivity index (χ0) is 13.2. The molecule has 1 N–H and O–H groups in total. The highest BCUT2D eigenvalue weighted by Crippen LogP contribution is 2.29. The first-order valence-corrected chi connectivity index (χ1v) is 7.59. The molecule has 5 heteroatoms. The molecule has 1 aromatic carbocycles. The van der Waals surface area contributed by atoms with Crippen LogP contribution in [-0.2, 0) is 16.5 Å². The third-order valence-electron chi connectivity index (χ3n) is 3.46. The molecular formula is C13H17FO3S. The Labute approximate surface area is 107 Å². The Bertz CT molecular complexity index is 495. The van der Waals surface area contributed by atoms with Gasteiger partial charge in [-0.3, -0.25) is 4.55 Å². The Morgan fingerprint density at radius 2 is 1.89 bits per heavy atom. The van der Waals surface area contributed by atoms with Crippen molar-refractivity contribution in [2.24, 2.45) is 5.92 Å². The highest BCUT2D eigenvalue weighted by Gasteiger charge is 2.21. The summed E-state index contributed by atoms with van der Waals surface area (Å²) in [5.74, 6) is 0.338. The van der Waals surface area contributed by atoms with E-state index >= 15 is 0 Å². The zero-order valence-electron chi connectivity index (χ0n) is 10.0. The molecule has 18 heavy (non-hydrogen) atoms. The van der Waals surface area contributed by atoms with Gasteiger partial charge < -0.3 is 0 Å². The molecule has 0 radical (unpaired) electrons. The Morgan fingerprint density at radius 1 is 1.22 bits per heavy atom.